The highest BCUT2D eigenvalue weighted by Crippen LogP contribution is 2.29. The molecule has 1 amide bonds. The van der Waals surface area contributed by atoms with E-state index in [1.54, 1.807) is 19.1 Å². The summed E-state index contributed by atoms with van der Waals surface area (Å²) >= 11 is 2.80. The minimum Gasteiger partial charge on any atom is -0.319 e. The predicted molar refractivity (Wildman–Crippen MR) is 83.9 cm³/mol. The number of thiazole rings is 1. The van der Waals surface area contributed by atoms with E-state index in [0.29, 0.717) is 0 Å². The lowest BCUT2D eigenvalue weighted by Gasteiger charge is -2.10. The molecule has 0 spiro atoms. The van der Waals surface area contributed by atoms with Crippen molar-refractivity contribution in [2.24, 2.45) is 0 Å². The summed E-state index contributed by atoms with van der Waals surface area (Å²) in [5.74, 6) is -0.290. The largest absolute Gasteiger partial charge is 0.319 e. The summed E-state index contributed by atoms with van der Waals surface area (Å²) in [6, 6.07) is 6.08. The smallest absolute Gasteiger partial charge is 0.292 e. The zero-order valence-electron chi connectivity index (χ0n) is 11.4. The van der Waals surface area contributed by atoms with E-state index in [9.17, 15) is 14.9 Å². The molecule has 1 unspecified atom stereocenters. The second-order valence-corrected chi connectivity index (χ2v) is 6.72. The molecule has 8 heteroatoms. The summed E-state index contributed by atoms with van der Waals surface area (Å²) < 4.78 is 0.803. The van der Waals surface area contributed by atoms with Gasteiger partial charge in [0, 0.05) is 17.1 Å². The van der Waals surface area contributed by atoms with Crippen molar-refractivity contribution in [2.45, 2.75) is 23.4 Å². The minimum absolute atomic E-state index is 0.117. The van der Waals surface area contributed by atoms with Gasteiger partial charge in [-0.1, -0.05) is 23.9 Å². The molecule has 1 atom stereocenters. The molecule has 6 nitrogen and oxygen atoms in total. The predicted octanol–water partition coefficient (Wildman–Crippen LogP) is 3.48. The summed E-state index contributed by atoms with van der Waals surface area (Å²) in [7, 11) is 0. The Morgan fingerprint density at radius 3 is 2.81 bits per heavy atom. The Labute approximate surface area is 129 Å². The molecule has 2 rings (SSSR count). The number of rotatable bonds is 5. The molecule has 0 bridgehead atoms. The van der Waals surface area contributed by atoms with E-state index < -0.39 is 10.2 Å². The highest BCUT2D eigenvalue weighted by Gasteiger charge is 2.20. The van der Waals surface area contributed by atoms with E-state index in [1.165, 1.54) is 35.2 Å². The average molecular weight is 323 g/mol. The SMILES string of the molecule is Cc1csc(SC(C)C(=O)Nc2ccccc2[N+](=O)[O-])n1. The van der Waals surface area contributed by atoms with Crippen LogP contribution in [0, 0.1) is 17.0 Å². The number of nitro groups is 1. The fraction of sp³-hybridized carbons (Fsp3) is 0.231. The van der Waals surface area contributed by atoms with Crippen molar-refractivity contribution in [3.63, 3.8) is 0 Å². The number of aromatic nitrogens is 1. The lowest BCUT2D eigenvalue weighted by molar-refractivity contribution is -0.383. The number of carbonyl (C=O) groups excluding carboxylic acids is 1. The molecule has 0 fully saturated rings. The molecule has 21 heavy (non-hydrogen) atoms. The molecule has 0 aliphatic carbocycles. The van der Waals surface area contributed by atoms with E-state index in [4.69, 9.17) is 0 Å². The molecule has 0 saturated carbocycles. The van der Waals surface area contributed by atoms with Gasteiger partial charge in [0.1, 0.15) is 5.69 Å². The highest BCUT2D eigenvalue weighted by atomic mass is 32.2. The van der Waals surface area contributed by atoms with Gasteiger partial charge in [0.15, 0.2) is 4.34 Å². The van der Waals surface area contributed by atoms with Gasteiger partial charge in [-0.05, 0) is 19.9 Å². The first kappa shape index (κ1) is 15.5. The Morgan fingerprint density at radius 2 is 2.19 bits per heavy atom. The normalized spacial score (nSPS) is 11.9. The summed E-state index contributed by atoms with van der Waals surface area (Å²) in [6.07, 6.45) is 0. The van der Waals surface area contributed by atoms with Gasteiger partial charge in [-0.2, -0.15) is 0 Å². The van der Waals surface area contributed by atoms with Crippen LogP contribution < -0.4 is 5.32 Å². The van der Waals surface area contributed by atoms with Crippen molar-refractivity contribution < 1.29 is 9.72 Å². The van der Waals surface area contributed by atoms with Crippen LogP contribution in [-0.4, -0.2) is 21.1 Å². The third kappa shape index (κ3) is 4.02. The van der Waals surface area contributed by atoms with Crippen molar-refractivity contribution >= 4 is 40.4 Å². The third-order valence-electron chi connectivity index (χ3n) is 2.60. The van der Waals surface area contributed by atoms with Crippen LogP contribution in [0.3, 0.4) is 0 Å². The number of nitro benzene ring substituents is 1. The van der Waals surface area contributed by atoms with Crippen molar-refractivity contribution in [3.05, 3.63) is 45.5 Å². The first-order chi connectivity index (χ1) is 9.97. The number of amides is 1. The number of benzene rings is 1. The van der Waals surface area contributed by atoms with Gasteiger partial charge >= 0.3 is 0 Å². The lowest BCUT2D eigenvalue weighted by atomic mass is 10.2. The van der Waals surface area contributed by atoms with Gasteiger partial charge in [-0.25, -0.2) is 4.98 Å². The number of anilines is 1. The number of thioether (sulfide) groups is 1. The van der Waals surface area contributed by atoms with Crippen LogP contribution >= 0.6 is 23.1 Å². The lowest BCUT2D eigenvalue weighted by Crippen LogP contribution is -2.22. The molecular formula is C13H13N3O3S2. The maximum Gasteiger partial charge on any atom is 0.292 e. The van der Waals surface area contributed by atoms with E-state index in [0.717, 1.165) is 10.0 Å². The van der Waals surface area contributed by atoms with Crippen molar-refractivity contribution in [3.8, 4) is 0 Å². The molecule has 0 saturated heterocycles. The molecular weight excluding hydrogens is 310 g/mol. The van der Waals surface area contributed by atoms with E-state index in [1.807, 2.05) is 12.3 Å². The molecule has 1 heterocycles. The number of nitrogens with zero attached hydrogens (tertiary/aromatic N) is 2. The van der Waals surface area contributed by atoms with Crippen LogP contribution in [0.1, 0.15) is 12.6 Å². The monoisotopic (exact) mass is 323 g/mol. The Balaban J connectivity index is 2.05. The first-order valence-corrected chi connectivity index (χ1v) is 7.86. The molecule has 0 aliphatic heterocycles. The van der Waals surface area contributed by atoms with Crippen molar-refractivity contribution in [2.75, 3.05) is 5.32 Å². The summed E-state index contributed by atoms with van der Waals surface area (Å²) in [5.41, 5.74) is 0.997. The fourth-order valence-electron chi connectivity index (χ4n) is 1.56. The first-order valence-electron chi connectivity index (χ1n) is 6.10. The van der Waals surface area contributed by atoms with E-state index >= 15 is 0 Å². The number of nitrogens with one attached hydrogen (secondary N) is 1. The Hall–Kier alpha value is -1.93. The van der Waals surface area contributed by atoms with E-state index in [-0.39, 0.29) is 17.3 Å². The zero-order chi connectivity index (χ0) is 15.4. The van der Waals surface area contributed by atoms with Crippen molar-refractivity contribution in [1.82, 2.24) is 4.98 Å². The molecule has 1 aromatic heterocycles. The number of hydrogen-bond donors (Lipinski definition) is 1. The molecule has 0 radical (unpaired) electrons. The van der Waals surface area contributed by atoms with Gasteiger partial charge in [-0.3, -0.25) is 14.9 Å². The molecule has 0 aliphatic rings. The Kier molecular flexibility index (Phi) is 4.92. The maximum atomic E-state index is 12.1. The Bertz CT molecular complexity index is 672. The van der Waals surface area contributed by atoms with Crippen LogP contribution in [-0.2, 0) is 4.79 Å². The summed E-state index contributed by atoms with van der Waals surface area (Å²) in [5, 5.41) is 15.0. The average Bonchev–Trinajstić information content (AvgIpc) is 2.84. The Morgan fingerprint density at radius 1 is 1.48 bits per heavy atom. The quantitative estimate of drug-likeness (QED) is 0.517. The van der Waals surface area contributed by atoms with Crippen LogP contribution in [0.2, 0.25) is 0 Å². The second-order valence-electron chi connectivity index (χ2n) is 4.28. The van der Waals surface area contributed by atoms with Gasteiger partial charge in [0.05, 0.1) is 10.2 Å². The standard InChI is InChI=1S/C13H13N3O3S2/c1-8-7-20-13(14-8)21-9(2)12(17)15-10-5-3-4-6-11(10)16(18)19/h3-7,9H,1-2H3,(H,15,17). The topological polar surface area (TPSA) is 85.1 Å². The van der Waals surface area contributed by atoms with Crippen LogP contribution in [0.15, 0.2) is 34.0 Å². The minimum atomic E-state index is -0.516. The second kappa shape index (κ2) is 6.68. The van der Waals surface area contributed by atoms with Gasteiger partial charge in [0.2, 0.25) is 5.91 Å². The molecule has 110 valence electrons. The van der Waals surface area contributed by atoms with Crippen LogP contribution in [0.5, 0.6) is 0 Å². The summed E-state index contributed by atoms with van der Waals surface area (Å²) in [6.45, 7) is 3.63. The van der Waals surface area contributed by atoms with Gasteiger partial charge < -0.3 is 5.32 Å². The number of aryl methyl sites for hydroxylation is 1. The number of para-hydroxylation sites is 2. The van der Waals surface area contributed by atoms with Gasteiger partial charge in [0.25, 0.3) is 5.69 Å². The summed E-state index contributed by atoms with van der Waals surface area (Å²) in [4.78, 5) is 26.8. The molecule has 1 N–H and O–H groups in total. The van der Waals surface area contributed by atoms with E-state index in [2.05, 4.69) is 10.3 Å². The van der Waals surface area contributed by atoms with Crippen molar-refractivity contribution in [1.29, 1.82) is 0 Å². The molecule has 1 aromatic carbocycles. The maximum absolute atomic E-state index is 12.1. The van der Waals surface area contributed by atoms with Crippen LogP contribution in [0.4, 0.5) is 11.4 Å². The highest BCUT2D eigenvalue weighted by molar-refractivity contribution is 8.02. The number of carbonyl (C=O) groups is 1. The molecule has 2 aromatic rings. The number of hydrogen-bond acceptors (Lipinski definition) is 6. The zero-order valence-corrected chi connectivity index (χ0v) is 13.0. The van der Waals surface area contributed by atoms with Gasteiger partial charge in [-0.15, -0.1) is 11.3 Å². The van der Waals surface area contributed by atoms with Crippen LogP contribution in [0.25, 0.3) is 0 Å². The fourth-order valence-corrected chi connectivity index (χ4v) is 3.55. The third-order valence-corrected chi connectivity index (χ3v) is 4.79.